The number of benzene rings is 1. The normalized spacial score (nSPS) is 22.8. The SMILES string of the molecule is Cc1cccc(C(=O)N2CCC(N)C(C)C2)c1F.Cl. The smallest absolute Gasteiger partial charge is 0.256 e. The molecule has 1 aromatic rings. The van der Waals surface area contributed by atoms with Crippen LogP contribution < -0.4 is 5.73 Å². The summed E-state index contributed by atoms with van der Waals surface area (Å²) in [4.78, 5) is 14.0. The second-order valence-corrected chi connectivity index (χ2v) is 5.12. The number of amides is 1. The van der Waals surface area contributed by atoms with E-state index < -0.39 is 5.82 Å². The van der Waals surface area contributed by atoms with Gasteiger partial charge in [0.1, 0.15) is 5.82 Å². The minimum Gasteiger partial charge on any atom is -0.338 e. The van der Waals surface area contributed by atoms with Crippen LogP contribution in [0.25, 0.3) is 0 Å². The van der Waals surface area contributed by atoms with Gasteiger partial charge in [-0.25, -0.2) is 4.39 Å². The molecule has 0 aromatic heterocycles. The molecule has 106 valence electrons. The highest BCUT2D eigenvalue weighted by atomic mass is 35.5. The van der Waals surface area contributed by atoms with Gasteiger partial charge >= 0.3 is 0 Å². The summed E-state index contributed by atoms with van der Waals surface area (Å²) in [6, 6.07) is 5.06. The zero-order chi connectivity index (χ0) is 13.3. The van der Waals surface area contributed by atoms with E-state index in [2.05, 4.69) is 0 Å². The number of nitrogens with two attached hydrogens (primary N) is 1. The Labute approximate surface area is 119 Å². The second kappa shape index (κ2) is 6.35. The Hall–Kier alpha value is -1.13. The van der Waals surface area contributed by atoms with Crippen molar-refractivity contribution < 1.29 is 9.18 Å². The maximum absolute atomic E-state index is 13.9. The average Bonchev–Trinajstić information content (AvgIpc) is 2.35. The van der Waals surface area contributed by atoms with Crippen LogP contribution >= 0.6 is 12.4 Å². The van der Waals surface area contributed by atoms with Gasteiger partial charge in [0.15, 0.2) is 0 Å². The Kier molecular flexibility index (Phi) is 5.32. The molecule has 0 spiro atoms. The summed E-state index contributed by atoms with van der Waals surface area (Å²) in [5.41, 5.74) is 6.59. The number of carbonyl (C=O) groups excluding carboxylic acids is 1. The molecule has 1 amide bonds. The molecule has 19 heavy (non-hydrogen) atoms. The van der Waals surface area contributed by atoms with E-state index in [9.17, 15) is 9.18 Å². The van der Waals surface area contributed by atoms with Gasteiger partial charge in [-0.15, -0.1) is 12.4 Å². The monoisotopic (exact) mass is 286 g/mol. The minimum absolute atomic E-state index is 0. The van der Waals surface area contributed by atoms with E-state index >= 15 is 0 Å². The molecule has 0 bridgehead atoms. The van der Waals surface area contributed by atoms with Crippen LogP contribution in [0.4, 0.5) is 4.39 Å². The van der Waals surface area contributed by atoms with Crippen LogP contribution in [0.15, 0.2) is 18.2 Å². The fourth-order valence-electron chi connectivity index (χ4n) is 2.33. The molecule has 0 aliphatic carbocycles. The maximum Gasteiger partial charge on any atom is 0.256 e. The molecule has 2 unspecified atom stereocenters. The summed E-state index contributed by atoms with van der Waals surface area (Å²) < 4.78 is 13.9. The lowest BCUT2D eigenvalue weighted by molar-refractivity contribution is 0.0659. The van der Waals surface area contributed by atoms with Crippen molar-refractivity contribution in [2.24, 2.45) is 11.7 Å². The van der Waals surface area contributed by atoms with Gasteiger partial charge in [0.25, 0.3) is 5.91 Å². The molecule has 1 saturated heterocycles. The molecule has 0 saturated carbocycles. The van der Waals surface area contributed by atoms with Crippen molar-refractivity contribution in [1.82, 2.24) is 4.90 Å². The van der Waals surface area contributed by atoms with Crippen molar-refractivity contribution in [1.29, 1.82) is 0 Å². The first-order valence-corrected chi connectivity index (χ1v) is 6.30. The fraction of sp³-hybridized carbons (Fsp3) is 0.500. The predicted octanol–water partition coefficient (Wildman–Crippen LogP) is 2.37. The highest BCUT2D eigenvalue weighted by Crippen LogP contribution is 2.19. The summed E-state index contributed by atoms with van der Waals surface area (Å²) in [5.74, 6) is -0.379. The summed E-state index contributed by atoms with van der Waals surface area (Å²) in [6.45, 7) is 4.91. The zero-order valence-corrected chi connectivity index (χ0v) is 12.0. The number of piperidine rings is 1. The number of rotatable bonds is 1. The number of hydrogen-bond donors (Lipinski definition) is 1. The molecule has 2 rings (SSSR count). The zero-order valence-electron chi connectivity index (χ0n) is 11.2. The van der Waals surface area contributed by atoms with Crippen molar-refractivity contribution in [3.63, 3.8) is 0 Å². The molecule has 1 aromatic carbocycles. The van der Waals surface area contributed by atoms with E-state index in [1.807, 2.05) is 6.92 Å². The first kappa shape index (κ1) is 15.9. The molecule has 1 fully saturated rings. The first-order valence-electron chi connectivity index (χ1n) is 6.30. The Bertz CT molecular complexity index is 467. The Morgan fingerprint density at radius 2 is 2.16 bits per heavy atom. The van der Waals surface area contributed by atoms with E-state index in [4.69, 9.17) is 5.73 Å². The average molecular weight is 287 g/mol. The summed E-state index contributed by atoms with van der Waals surface area (Å²) in [7, 11) is 0. The van der Waals surface area contributed by atoms with Crippen LogP contribution in [0.5, 0.6) is 0 Å². The standard InChI is InChI=1S/C14H19FN2O.ClH/c1-9-4-3-5-11(13(9)15)14(18)17-7-6-12(16)10(2)8-17;/h3-5,10,12H,6-8,16H2,1-2H3;1H. The van der Waals surface area contributed by atoms with Gasteiger partial charge in [-0.1, -0.05) is 19.1 Å². The molecule has 2 atom stereocenters. The van der Waals surface area contributed by atoms with E-state index in [0.717, 1.165) is 6.42 Å². The third-order valence-electron chi connectivity index (χ3n) is 3.68. The van der Waals surface area contributed by atoms with Crippen molar-refractivity contribution in [2.45, 2.75) is 26.3 Å². The summed E-state index contributed by atoms with van der Waals surface area (Å²) in [6.07, 6.45) is 0.778. The van der Waals surface area contributed by atoms with Crippen LogP contribution in [0.1, 0.15) is 29.3 Å². The van der Waals surface area contributed by atoms with Crippen LogP contribution in [0.2, 0.25) is 0 Å². The van der Waals surface area contributed by atoms with E-state index in [1.165, 1.54) is 0 Å². The van der Waals surface area contributed by atoms with Crippen LogP contribution in [0, 0.1) is 18.7 Å². The lowest BCUT2D eigenvalue weighted by atomic mass is 9.94. The highest BCUT2D eigenvalue weighted by Gasteiger charge is 2.28. The van der Waals surface area contributed by atoms with Gasteiger partial charge in [0.2, 0.25) is 0 Å². The molecule has 1 aliphatic heterocycles. The molecule has 1 heterocycles. The molecular weight excluding hydrogens is 267 g/mol. The van der Waals surface area contributed by atoms with Crippen LogP contribution in [0.3, 0.4) is 0 Å². The molecule has 5 heteroatoms. The number of halogens is 2. The Morgan fingerprint density at radius 3 is 2.79 bits per heavy atom. The molecular formula is C14H20ClFN2O. The quantitative estimate of drug-likeness (QED) is 0.861. The minimum atomic E-state index is -0.412. The molecule has 3 nitrogen and oxygen atoms in total. The Balaban J connectivity index is 0.00000180. The van der Waals surface area contributed by atoms with E-state index in [-0.39, 0.29) is 35.8 Å². The van der Waals surface area contributed by atoms with Gasteiger partial charge in [0.05, 0.1) is 5.56 Å². The van der Waals surface area contributed by atoms with Crippen molar-refractivity contribution in [2.75, 3.05) is 13.1 Å². The van der Waals surface area contributed by atoms with Crippen molar-refractivity contribution >= 4 is 18.3 Å². The number of carbonyl (C=O) groups is 1. The van der Waals surface area contributed by atoms with E-state index in [0.29, 0.717) is 18.7 Å². The van der Waals surface area contributed by atoms with Crippen molar-refractivity contribution in [3.05, 3.63) is 35.1 Å². The third-order valence-corrected chi connectivity index (χ3v) is 3.68. The second-order valence-electron chi connectivity index (χ2n) is 5.12. The topological polar surface area (TPSA) is 46.3 Å². The lowest BCUT2D eigenvalue weighted by Gasteiger charge is -2.35. The third kappa shape index (κ3) is 3.25. The number of aryl methyl sites for hydroxylation is 1. The van der Waals surface area contributed by atoms with Crippen LogP contribution in [-0.2, 0) is 0 Å². The maximum atomic E-state index is 13.9. The number of nitrogens with zero attached hydrogens (tertiary/aromatic N) is 1. The van der Waals surface area contributed by atoms with Gasteiger partial charge in [-0.05, 0) is 30.9 Å². The predicted molar refractivity (Wildman–Crippen MR) is 76.0 cm³/mol. The molecule has 0 radical (unpaired) electrons. The lowest BCUT2D eigenvalue weighted by Crippen LogP contribution is -2.48. The first-order chi connectivity index (χ1) is 8.50. The summed E-state index contributed by atoms with van der Waals surface area (Å²) >= 11 is 0. The van der Waals surface area contributed by atoms with Gasteiger partial charge in [0, 0.05) is 19.1 Å². The van der Waals surface area contributed by atoms with Gasteiger partial charge in [-0.3, -0.25) is 4.79 Å². The van der Waals surface area contributed by atoms with Crippen LogP contribution in [-0.4, -0.2) is 29.9 Å². The highest BCUT2D eigenvalue weighted by molar-refractivity contribution is 5.94. The molecule has 2 N–H and O–H groups in total. The van der Waals surface area contributed by atoms with E-state index in [1.54, 1.807) is 30.0 Å². The number of likely N-dealkylation sites (tertiary alicyclic amines) is 1. The fourth-order valence-corrected chi connectivity index (χ4v) is 2.33. The van der Waals surface area contributed by atoms with Gasteiger partial charge in [-0.2, -0.15) is 0 Å². The largest absolute Gasteiger partial charge is 0.338 e. The number of hydrogen-bond acceptors (Lipinski definition) is 2. The summed E-state index contributed by atoms with van der Waals surface area (Å²) in [5, 5.41) is 0. The van der Waals surface area contributed by atoms with Crippen molar-refractivity contribution in [3.8, 4) is 0 Å². The Morgan fingerprint density at radius 1 is 1.47 bits per heavy atom. The van der Waals surface area contributed by atoms with Gasteiger partial charge < -0.3 is 10.6 Å². The molecule has 1 aliphatic rings.